The summed E-state index contributed by atoms with van der Waals surface area (Å²) < 4.78 is 44.6. The van der Waals surface area contributed by atoms with Gasteiger partial charge in [0.1, 0.15) is 16.4 Å². The maximum atomic E-state index is 13.1. The standard InChI is InChI=1S/C21H21ClN4O6S/c1-4-20-23-19(24-32-20)10-26-15-8-13(22)18(9-17(15)31-11-21(26)27)33(28,29)25-14-7-12(2)5-6-16(14)30-3/h5-9,25H,4,10-11H2,1-3H3. The monoisotopic (exact) mass is 492 g/mol. The lowest BCUT2D eigenvalue weighted by molar-refractivity contribution is -0.121. The number of halogens is 1. The van der Waals surface area contributed by atoms with Crippen molar-refractivity contribution >= 4 is 38.9 Å². The lowest BCUT2D eigenvalue weighted by Gasteiger charge is -2.29. The lowest BCUT2D eigenvalue weighted by atomic mass is 10.2. The van der Waals surface area contributed by atoms with Crippen LogP contribution in [-0.2, 0) is 27.8 Å². The molecule has 0 unspecified atom stereocenters. The summed E-state index contributed by atoms with van der Waals surface area (Å²) in [6.45, 7) is 3.45. The third kappa shape index (κ3) is 4.60. The fraction of sp³-hybridized carbons (Fsp3) is 0.286. The summed E-state index contributed by atoms with van der Waals surface area (Å²) in [6, 6.07) is 7.77. The number of nitrogens with zero attached hydrogens (tertiary/aromatic N) is 3. The Morgan fingerprint density at radius 2 is 2.06 bits per heavy atom. The van der Waals surface area contributed by atoms with Gasteiger partial charge in [0, 0.05) is 12.5 Å². The molecule has 12 heteroatoms. The number of benzene rings is 2. The van der Waals surface area contributed by atoms with Crippen molar-refractivity contribution in [1.82, 2.24) is 10.1 Å². The van der Waals surface area contributed by atoms with Crippen molar-refractivity contribution in [3.8, 4) is 11.5 Å². The number of aryl methyl sites for hydroxylation is 2. The zero-order valence-corrected chi connectivity index (χ0v) is 19.7. The van der Waals surface area contributed by atoms with Crippen LogP contribution in [-0.4, -0.2) is 38.2 Å². The number of carbonyl (C=O) groups is 1. The van der Waals surface area contributed by atoms with Crippen molar-refractivity contribution in [2.24, 2.45) is 0 Å². The number of sulfonamides is 1. The van der Waals surface area contributed by atoms with E-state index >= 15 is 0 Å². The van der Waals surface area contributed by atoms with E-state index in [1.54, 1.807) is 18.2 Å². The van der Waals surface area contributed by atoms with Gasteiger partial charge in [-0.25, -0.2) is 8.42 Å². The first-order chi connectivity index (χ1) is 15.7. The molecule has 1 aromatic heterocycles. The number of ether oxygens (including phenoxy) is 2. The maximum Gasteiger partial charge on any atom is 0.265 e. The van der Waals surface area contributed by atoms with Crippen LogP contribution in [0.1, 0.15) is 24.2 Å². The summed E-state index contributed by atoms with van der Waals surface area (Å²) in [5.74, 6) is 0.962. The first kappa shape index (κ1) is 22.9. The Labute approximate surface area is 195 Å². The van der Waals surface area contributed by atoms with E-state index in [1.165, 1.54) is 24.1 Å². The molecule has 33 heavy (non-hydrogen) atoms. The third-order valence-electron chi connectivity index (χ3n) is 4.96. The van der Waals surface area contributed by atoms with E-state index in [-0.39, 0.29) is 40.4 Å². The maximum absolute atomic E-state index is 13.1. The molecule has 0 bridgehead atoms. The molecule has 0 saturated heterocycles. The van der Waals surface area contributed by atoms with Gasteiger partial charge in [0.2, 0.25) is 5.89 Å². The summed E-state index contributed by atoms with van der Waals surface area (Å²) in [7, 11) is -2.66. The van der Waals surface area contributed by atoms with Crippen LogP contribution in [0.2, 0.25) is 5.02 Å². The molecule has 10 nitrogen and oxygen atoms in total. The molecule has 0 aliphatic carbocycles. The average molecular weight is 493 g/mol. The second-order valence-electron chi connectivity index (χ2n) is 7.29. The Kier molecular flexibility index (Phi) is 6.17. The topological polar surface area (TPSA) is 124 Å². The third-order valence-corrected chi connectivity index (χ3v) is 6.79. The number of anilines is 2. The summed E-state index contributed by atoms with van der Waals surface area (Å²) in [5, 5.41) is 3.78. The first-order valence-electron chi connectivity index (χ1n) is 9.97. The molecular weight excluding hydrogens is 472 g/mol. The van der Waals surface area contributed by atoms with Crippen LogP contribution in [0.15, 0.2) is 39.8 Å². The van der Waals surface area contributed by atoms with E-state index in [2.05, 4.69) is 14.9 Å². The fourth-order valence-corrected chi connectivity index (χ4v) is 4.92. The summed E-state index contributed by atoms with van der Waals surface area (Å²) >= 11 is 6.37. The Balaban J connectivity index is 1.68. The van der Waals surface area contributed by atoms with Crippen molar-refractivity contribution in [3.05, 3.63) is 52.6 Å². The van der Waals surface area contributed by atoms with Gasteiger partial charge in [0.25, 0.3) is 15.9 Å². The largest absolute Gasteiger partial charge is 0.495 e. The van der Waals surface area contributed by atoms with Gasteiger partial charge < -0.3 is 14.0 Å². The van der Waals surface area contributed by atoms with Gasteiger partial charge in [0.05, 0.1) is 30.1 Å². The van der Waals surface area contributed by atoms with Crippen LogP contribution < -0.4 is 19.1 Å². The molecule has 0 saturated carbocycles. The quantitative estimate of drug-likeness (QED) is 0.532. The number of carbonyl (C=O) groups excluding carboxylic acids is 1. The molecule has 4 rings (SSSR count). The Morgan fingerprint density at radius 1 is 1.27 bits per heavy atom. The molecule has 1 aliphatic heterocycles. The fourth-order valence-electron chi connectivity index (χ4n) is 3.32. The number of nitrogens with one attached hydrogen (secondary N) is 1. The number of hydrogen-bond acceptors (Lipinski definition) is 8. The number of aromatic nitrogens is 2. The Hall–Kier alpha value is -3.31. The molecule has 3 aromatic rings. The Morgan fingerprint density at radius 3 is 2.76 bits per heavy atom. The predicted octanol–water partition coefficient (Wildman–Crippen LogP) is 3.33. The highest BCUT2D eigenvalue weighted by molar-refractivity contribution is 7.92. The number of hydrogen-bond donors (Lipinski definition) is 1. The highest BCUT2D eigenvalue weighted by atomic mass is 35.5. The van der Waals surface area contributed by atoms with Crippen LogP contribution in [0.3, 0.4) is 0 Å². The summed E-state index contributed by atoms with van der Waals surface area (Å²) in [4.78, 5) is 17.9. The van der Waals surface area contributed by atoms with E-state index < -0.39 is 10.0 Å². The normalized spacial score (nSPS) is 13.5. The highest BCUT2D eigenvalue weighted by Gasteiger charge is 2.31. The molecular formula is C21H21ClN4O6S. The molecule has 0 atom stereocenters. The number of methoxy groups -OCH3 is 1. The van der Waals surface area contributed by atoms with Gasteiger partial charge in [-0.2, -0.15) is 4.98 Å². The minimum Gasteiger partial charge on any atom is -0.495 e. The number of fused-ring (bicyclic) bond motifs is 1. The van der Waals surface area contributed by atoms with Crippen LogP contribution in [0, 0.1) is 6.92 Å². The lowest BCUT2D eigenvalue weighted by Crippen LogP contribution is -2.38. The van der Waals surface area contributed by atoms with Crippen molar-refractivity contribution in [2.45, 2.75) is 31.7 Å². The molecule has 174 valence electrons. The Bertz CT molecular complexity index is 1320. The number of rotatable bonds is 7. The molecule has 2 heterocycles. The molecule has 1 amide bonds. The SMILES string of the molecule is CCc1nc(CN2C(=O)COc3cc(S(=O)(=O)Nc4cc(C)ccc4OC)c(Cl)cc32)no1. The van der Waals surface area contributed by atoms with E-state index in [9.17, 15) is 13.2 Å². The van der Waals surface area contributed by atoms with Crippen LogP contribution in [0.5, 0.6) is 11.5 Å². The molecule has 1 N–H and O–H groups in total. The van der Waals surface area contributed by atoms with Gasteiger partial charge in [-0.3, -0.25) is 14.4 Å². The first-order valence-corrected chi connectivity index (χ1v) is 11.8. The second-order valence-corrected chi connectivity index (χ2v) is 9.34. The molecule has 0 radical (unpaired) electrons. The molecule has 1 aliphatic rings. The molecule has 0 fully saturated rings. The van der Waals surface area contributed by atoms with E-state index in [0.29, 0.717) is 29.6 Å². The van der Waals surface area contributed by atoms with Crippen molar-refractivity contribution < 1.29 is 27.2 Å². The van der Waals surface area contributed by atoms with E-state index in [1.807, 2.05) is 13.8 Å². The predicted molar refractivity (Wildman–Crippen MR) is 120 cm³/mol. The molecule has 0 spiro atoms. The zero-order chi connectivity index (χ0) is 23.8. The highest BCUT2D eigenvalue weighted by Crippen LogP contribution is 2.40. The van der Waals surface area contributed by atoms with Gasteiger partial charge in [0.15, 0.2) is 12.4 Å². The second kappa shape index (κ2) is 8.91. The summed E-state index contributed by atoms with van der Waals surface area (Å²) in [6.07, 6.45) is 0.562. The molecule has 2 aromatic carbocycles. The van der Waals surface area contributed by atoms with Gasteiger partial charge >= 0.3 is 0 Å². The minimum absolute atomic E-state index is 0.0276. The summed E-state index contributed by atoms with van der Waals surface area (Å²) in [5.41, 5.74) is 1.43. The van der Waals surface area contributed by atoms with Crippen molar-refractivity contribution in [2.75, 3.05) is 23.3 Å². The van der Waals surface area contributed by atoms with Gasteiger partial charge in [-0.15, -0.1) is 0 Å². The van der Waals surface area contributed by atoms with E-state index in [0.717, 1.165) is 5.56 Å². The number of amides is 1. The van der Waals surface area contributed by atoms with Crippen molar-refractivity contribution in [1.29, 1.82) is 0 Å². The van der Waals surface area contributed by atoms with Crippen molar-refractivity contribution in [3.63, 3.8) is 0 Å². The van der Waals surface area contributed by atoms with Gasteiger partial charge in [-0.1, -0.05) is 29.7 Å². The van der Waals surface area contributed by atoms with Crippen LogP contribution in [0.4, 0.5) is 11.4 Å². The smallest absolute Gasteiger partial charge is 0.265 e. The van der Waals surface area contributed by atoms with E-state index in [4.69, 9.17) is 25.6 Å². The minimum atomic E-state index is -4.10. The van der Waals surface area contributed by atoms with Crippen LogP contribution >= 0.6 is 11.6 Å². The van der Waals surface area contributed by atoms with Crippen LogP contribution in [0.25, 0.3) is 0 Å². The average Bonchev–Trinajstić information content (AvgIpc) is 3.23. The zero-order valence-electron chi connectivity index (χ0n) is 18.1. The van der Waals surface area contributed by atoms with Gasteiger partial charge in [-0.05, 0) is 30.7 Å².